The van der Waals surface area contributed by atoms with E-state index in [1.807, 2.05) is 0 Å². The van der Waals surface area contributed by atoms with Gasteiger partial charge in [0.05, 0.1) is 36.2 Å². The first-order valence-corrected chi connectivity index (χ1v) is 29.9. The van der Waals surface area contributed by atoms with Crippen LogP contribution < -0.4 is 20.3 Å². The van der Waals surface area contributed by atoms with Gasteiger partial charge in [-0.25, -0.2) is 19.2 Å². The molecule has 4 aromatic carbocycles. The van der Waals surface area contributed by atoms with Crippen LogP contribution in [0.4, 0.5) is 0 Å². The number of allylic oxidation sites excluding steroid dienone is 6. The molecule has 4 heterocycles. The first kappa shape index (κ1) is 69.0. The van der Waals surface area contributed by atoms with Gasteiger partial charge in [-0.1, -0.05) is 98.9 Å². The molecule has 4 aromatic rings. The number of aliphatic hydroxyl groups is 8. The van der Waals surface area contributed by atoms with Crippen LogP contribution in [0.15, 0.2) is 154 Å². The number of phenolic OH excluding ortho intramolecular Hbond substituents is 2. The van der Waals surface area contributed by atoms with E-state index in [0.717, 1.165) is 12.2 Å². The van der Waals surface area contributed by atoms with Crippen molar-refractivity contribution < 1.29 is 118 Å². The maximum absolute atomic E-state index is 13.9. The van der Waals surface area contributed by atoms with Gasteiger partial charge in [-0.15, -0.1) is 0 Å². The zero-order valence-electron chi connectivity index (χ0n) is 50.5. The van der Waals surface area contributed by atoms with E-state index in [9.17, 15) is 79.8 Å². The molecule has 0 aromatic heterocycles. The molecule has 2 fully saturated rings. The van der Waals surface area contributed by atoms with E-state index >= 15 is 0 Å². The van der Waals surface area contributed by atoms with Crippen LogP contribution in [-0.2, 0) is 60.4 Å². The fraction of sp³-hybridized carbons (Fsp3) is 0.353. The minimum atomic E-state index is -1.41. The number of carbonyl (C=O) groups excluding carboxylic acids is 2. The van der Waals surface area contributed by atoms with Crippen molar-refractivity contribution in [3.63, 3.8) is 0 Å². The number of aliphatic hydroxyl groups excluding tert-OH is 8. The summed E-state index contributed by atoms with van der Waals surface area (Å²) in [5.74, 6) is -6.00. The highest BCUT2D eigenvalue weighted by molar-refractivity contribution is 5.94. The Morgan fingerprint density at radius 2 is 0.915 bits per heavy atom. The molecule has 12 N–H and O–H groups in total. The number of carboxylic acid groups (broad SMARTS) is 2. The second-order valence-electron chi connectivity index (χ2n) is 22.9. The molecule has 0 saturated carbocycles. The summed E-state index contributed by atoms with van der Waals surface area (Å²) in [6.07, 6.45) is 6.81. The lowest BCUT2D eigenvalue weighted by molar-refractivity contribution is -0.264. The molecule has 2 aliphatic carbocycles. The lowest BCUT2D eigenvalue weighted by Gasteiger charge is -2.39. The van der Waals surface area contributed by atoms with E-state index in [1.165, 1.54) is 86.7 Å². The van der Waals surface area contributed by atoms with Crippen LogP contribution in [0.5, 0.6) is 23.0 Å². The number of ether oxygens (including phenoxy) is 8. The molecule has 26 heteroatoms. The van der Waals surface area contributed by atoms with Crippen LogP contribution >= 0.6 is 0 Å². The highest BCUT2D eigenvalue weighted by Gasteiger charge is 2.44. The molecule has 0 spiro atoms. The molecule has 0 bridgehead atoms. The number of aliphatic carboxylic acids is 2. The first-order valence-electron chi connectivity index (χ1n) is 29.9. The fourth-order valence-corrected chi connectivity index (χ4v) is 11.1. The van der Waals surface area contributed by atoms with Crippen molar-refractivity contribution in [3.8, 4) is 23.0 Å². The van der Waals surface area contributed by atoms with Gasteiger partial charge >= 0.3 is 23.9 Å². The molecule has 6 aliphatic rings. The van der Waals surface area contributed by atoms with Crippen LogP contribution in [0.1, 0.15) is 48.9 Å². The van der Waals surface area contributed by atoms with Gasteiger partial charge < -0.3 is 99.2 Å². The maximum atomic E-state index is 13.9. The number of phenols is 2. The number of benzene rings is 2. The average molecular weight is 1300 g/mol. The summed E-state index contributed by atoms with van der Waals surface area (Å²) in [5.41, 5.74) is 1.38. The zero-order valence-corrected chi connectivity index (χ0v) is 50.5. The molecular weight excluding hydrogens is 1230 g/mol. The second kappa shape index (κ2) is 30.6. The van der Waals surface area contributed by atoms with E-state index in [1.54, 1.807) is 48.6 Å². The van der Waals surface area contributed by atoms with Crippen LogP contribution in [0.25, 0.3) is 33.7 Å². The standard InChI is InChI=1S/C35H36O13.C33H34O13/c1-18-31(40)34(43)27(48-35(18)44)17-46-26-13-19(10-11-45-25-16-24-22(14-23(25)36)15-29(39)47-24)12-21-9-8-20(32(41)30(21)33(26)42)6-4-2-3-5-7-28(37)38;1-16-29(38)32(41)25(46-33(16)42)15-44-24-11-17(8-9-43-23-14-22-20(12-21(23)34)13-27(37)45-22)10-19-7-6-18(4-2-3-5-26(35)36)30(39)28(19)31(24)40/h2-9,12-15,18,24-25,27,31,34-36,40-41,43-44H,10-11,16-17H2,1H3,(H,37,38);2-7,10-13,16,22-23,25,29,32-34,38-39,41-42H,8-9,14-15H2,1H3,(H,35,36)/b3-2+,6-4+,7-5+;4-2+,5-3+. The number of hydrogen-bond acceptors (Lipinski definition) is 24. The fourth-order valence-electron chi connectivity index (χ4n) is 11.1. The number of carbonyl (C=O) groups is 4. The Morgan fingerprint density at radius 1 is 0.521 bits per heavy atom. The Balaban J connectivity index is 0.000000222. The molecule has 0 radical (unpaired) electrons. The van der Waals surface area contributed by atoms with Crippen LogP contribution in [-0.4, -0.2) is 185 Å². The number of carboxylic acids is 2. The van der Waals surface area contributed by atoms with Crippen molar-refractivity contribution in [2.24, 2.45) is 11.8 Å². The van der Waals surface area contributed by atoms with Crippen LogP contribution in [0.2, 0.25) is 0 Å². The maximum Gasteiger partial charge on any atom is 0.331 e. The van der Waals surface area contributed by atoms with Crippen molar-refractivity contribution in [3.05, 3.63) is 187 Å². The van der Waals surface area contributed by atoms with E-state index < -0.39 is 133 Å². The number of aromatic hydroxyl groups is 2. The summed E-state index contributed by atoms with van der Waals surface area (Å²) in [4.78, 5) is 72.2. The van der Waals surface area contributed by atoms with Crippen LogP contribution in [0, 0.1) is 11.8 Å². The summed E-state index contributed by atoms with van der Waals surface area (Å²) in [5, 5.41) is 123. The second-order valence-corrected chi connectivity index (χ2v) is 22.9. The molecule has 498 valence electrons. The molecule has 14 atom stereocenters. The van der Waals surface area contributed by atoms with Gasteiger partial charge in [0.1, 0.15) is 85.1 Å². The molecule has 94 heavy (non-hydrogen) atoms. The minimum Gasteiger partial charge on any atom is -0.510 e. The molecule has 2 saturated heterocycles. The number of hydrogen-bond donors (Lipinski definition) is 12. The molecule has 10 rings (SSSR count). The minimum absolute atomic E-state index is 0.0475. The zero-order chi connectivity index (χ0) is 67.7. The van der Waals surface area contributed by atoms with Gasteiger partial charge in [-0.3, -0.25) is 9.59 Å². The molecule has 26 nitrogen and oxygen atoms in total. The first-order chi connectivity index (χ1) is 44.8. The van der Waals surface area contributed by atoms with Gasteiger partial charge in [0.25, 0.3) is 0 Å². The lowest BCUT2D eigenvalue weighted by Crippen LogP contribution is -2.55. The SMILES string of the molecule is CC1C(O)OC(COc2cc(CCOC3CC4OC(=O)C=C4C=C3O)cc3ccc(/C=C/C=C/C(=O)O)c(O)c3c2=O)C(O)C1O.CC1C(O)OC(COc2cc(CCOC3CC4OC(=O)C=C4C=C3O)cc3ccc(/C=C/C=C/C=C/C(=O)O)c(O)c3c2=O)C(O)C1O. The monoisotopic (exact) mass is 1300 g/mol. The normalized spacial score (nSPS) is 27.6. The van der Waals surface area contributed by atoms with Gasteiger partial charge in [0, 0.05) is 71.3 Å². The van der Waals surface area contributed by atoms with Crippen molar-refractivity contribution in [1.29, 1.82) is 0 Å². The smallest absolute Gasteiger partial charge is 0.331 e. The summed E-state index contributed by atoms with van der Waals surface area (Å²) in [6, 6.07) is 12.6. The van der Waals surface area contributed by atoms with E-state index in [-0.39, 0.29) is 89.7 Å². The summed E-state index contributed by atoms with van der Waals surface area (Å²) >= 11 is 0. The highest BCUT2D eigenvalue weighted by atomic mass is 16.6. The quantitative estimate of drug-likeness (QED) is 0.0320. The Bertz CT molecular complexity index is 3970. The van der Waals surface area contributed by atoms with Crippen LogP contribution in [0.3, 0.4) is 0 Å². The Kier molecular flexibility index (Phi) is 22.5. The number of fused-ring (bicyclic) bond motifs is 4. The third-order valence-electron chi connectivity index (χ3n) is 16.4. The van der Waals surface area contributed by atoms with Crippen molar-refractivity contribution in [2.75, 3.05) is 26.4 Å². The third kappa shape index (κ3) is 16.5. The topological polar surface area (TPSA) is 419 Å². The van der Waals surface area contributed by atoms with E-state index in [2.05, 4.69) is 0 Å². The van der Waals surface area contributed by atoms with E-state index in [4.69, 9.17) is 48.1 Å². The van der Waals surface area contributed by atoms with Gasteiger partial charge in [-0.2, -0.15) is 0 Å². The average Bonchev–Trinajstić information content (AvgIpc) is 1.51. The molecule has 4 aliphatic heterocycles. The lowest BCUT2D eigenvalue weighted by atomic mass is 9.93. The van der Waals surface area contributed by atoms with Gasteiger partial charge in [-0.05, 0) is 59.0 Å². The predicted molar refractivity (Wildman–Crippen MR) is 333 cm³/mol. The van der Waals surface area contributed by atoms with Crippen molar-refractivity contribution >= 4 is 57.6 Å². The summed E-state index contributed by atoms with van der Waals surface area (Å²) < 4.78 is 44.8. The van der Waals surface area contributed by atoms with Gasteiger partial charge in [0.2, 0.25) is 10.9 Å². The third-order valence-corrected chi connectivity index (χ3v) is 16.4. The molecule has 14 unspecified atom stereocenters. The molecule has 0 amide bonds. The Labute approximate surface area is 535 Å². The predicted octanol–water partition coefficient (Wildman–Crippen LogP) is 3.83. The van der Waals surface area contributed by atoms with Gasteiger partial charge in [0.15, 0.2) is 24.1 Å². The highest BCUT2D eigenvalue weighted by Crippen LogP contribution is 2.36. The summed E-state index contributed by atoms with van der Waals surface area (Å²) in [7, 11) is 0. The van der Waals surface area contributed by atoms with Crippen molar-refractivity contribution in [2.45, 2.75) is 113 Å². The molecular formula is C68H70O26. The Morgan fingerprint density at radius 3 is 1.33 bits per heavy atom. The summed E-state index contributed by atoms with van der Waals surface area (Å²) in [6.45, 7) is 2.34. The largest absolute Gasteiger partial charge is 0.510 e. The number of esters is 2. The van der Waals surface area contributed by atoms with Crippen molar-refractivity contribution in [1.82, 2.24) is 0 Å². The Hall–Kier alpha value is -9.32. The number of rotatable bonds is 21. The van der Waals surface area contributed by atoms with E-state index in [0.29, 0.717) is 38.6 Å².